The Morgan fingerprint density at radius 3 is 2.69 bits per heavy atom. The van der Waals surface area contributed by atoms with E-state index in [1.54, 1.807) is 10.7 Å². The molecule has 0 saturated carbocycles. The van der Waals surface area contributed by atoms with Gasteiger partial charge in [0.1, 0.15) is 18.0 Å². The van der Waals surface area contributed by atoms with E-state index in [0.717, 1.165) is 33.0 Å². The van der Waals surface area contributed by atoms with Gasteiger partial charge in [-0.05, 0) is 37.1 Å². The molecule has 13 heteroatoms. The van der Waals surface area contributed by atoms with Crippen LogP contribution in [0.2, 0.25) is 0 Å². The Kier molecular flexibility index (Phi) is 5.67. The summed E-state index contributed by atoms with van der Waals surface area (Å²) < 4.78 is 56.0. The van der Waals surface area contributed by atoms with E-state index in [9.17, 15) is 27.5 Å². The average Bonchev–Trinajstić information content (AvgIpc) is 3.37. The second-order valence-corrected chi connectivity index (χ2v) is 9.53. The highest BCUT2D eigenvalue weighted by atomic mass is 19.4. The van der Waals surface area contributed by atoms with Crippen molar-refractivity contribution in [3.63, 3.8) is 0 Å². The molecular weight excluding hydrogens is 482 g/mol. The number of nitrogens with two attached hydrogens (primary N) is 1. The number of aliphatic hydroxyl groups is 1. The van der Waals surface area contributed by atoms with Crippen LogP contribution in [0.3, 0.4) is 0 Å². The lowest BCUT2D eigenvalue weighted by Gasteiger charge is -2.34. The number of hydrogen-bond acceptors (Lipinski definition) is 7. The van der Waals surface area contributed by atoms with Crippen molar-refractivity contribution in [1.82, 2.24) is 29.4 Å². The first-order valence-electron chi connectivity index (χ1n) is 11.4. The van der Waals surface area contributed by atoms with Crippen LogP contribution in [0.25, 0.3) is 16.8 Å². The number of aryl methyl sites for hydroxylation is 1. The Hall–Kier alpha value is -3.32. The number of carbonyl (C=O) groups excluding carboxylic acids is 1. The molecule has 2 aliphatic heterocycles. The Labute approximate surface area is 203 Å². The van der Waals surface area contributed by atoms with E-state index in [2.05, 4.69) is 15.1 Å². The van der Waals surface area contributed by atoms with Crippen molar-refractivity contribution in [2.45, 2.75) is 50.8 Å². The molecule has 2 aliphatic rings. The van der Waals surface area contributed by atoms with Crippen LogP contribution < -0.4 is 5.73 Å². The molecule has 1 fully saturated rings. The maximum Gasteiger partial charge on any atom is 0.426 e. The third-order valence-corrected chi connectivity index (χ3v) is 7.08. The summed E-state index contributed by atoms with van der Waals surface area (Å²) in [4.78, 5) is 23.6. The second kappa shape index (κ2) is 8.37. The van der Waals surface area contributed by atoms with Crippen molar-refractivity contribution in [3.05, 3.63) is 41.5 Å². The van der Waals surface area contributed by atoms with Gasteiger partial charge in [-0.3, -0.25) is 14.7 Å². The van der Waals surface area contributed by atoms with Crippen LogP contribution in [0.4, 0.5) is 23.4 Å². The zero-order chi connectivity index (χ0) is 26.0. The van der Waals surface area contributed by atoms with Crippen LogP contribution >= 0.6 is 0 Å². The molecule has 1 saturated heterocycles. The van der Waals surface area contributed by atoms with Crippen molar-refractivity contribution < 1.29 is 27.5 Å². The fraction of sp³-hybridized carbons (Fsp3) is 0.478. The normalized spacial score (nSPS) is 22.6. The molecule has 9 nitrogen and oxygen atoms in total. The third kappa shape index (κ3) is 3.86. The van der Waals surface area contributed by atoms with E-state index in [4.69, 9.17) is 5.73 Å². The lowest BCUT2D eigenvalue weighted by atomic mass is 10.0. The molecule has 3 N–H and O–H groups in total. The van der Waals surface area contributed by atoms with Gasteiger partial charge in [0.25, 0.3) is 5.91 Å². The highest BCUT2D eigenvalue weighted by molar-refractivity contribution is 5.86. The highest BCUT2D eigenvalue weighted by Gasteiger charge is 2.58. The zero-order valence-electron chi connectivity index (χ0n) is 19.6. The predicted octanol–water partition coefficient (Wildman–Crippen LogP) is 1.90. The molecule has 1 amide bonds. The highest BCUT2D eigenvalue weighted by Crippen LogP contribution is 2.35. The summed E-state index contributed by atoms with van der Waals surface area (Å²) in [5.74, 6) is -1.19. The number of alkyl halides is 4. The number of likely N-dealkylation sites (tertiary alicyclic amines) is 1. The molecule has 3 atom stereocenters. The molecule has 0 aromatic carbocycles. The maximum atomic E-state index is 15.0. The Bertz CT molecular complexity index is 1340. The number of rotatable bonds is 3. The van der Waals surface area contributed by atoms with Crippen LogP contribution in [0.1, 0.15) is 23.7 Å². The average molecular weight is 507 g/mol. The second-order valence-electron chi connectivity index (χ2n) is 9.53. The van der Waals surface area contributed by atoms with Crippen molar-refractivity contribution in [3.8, 4) is 11.3 Å². The van der Waals surface area contributed by atoms with Crippen molar-refractivity contribution >= 4 is 17.2 Å². The lowest BCUT2D eigenvalue weighted by Crippen LogP contribution is -2.56. The number of pyridine rings is 1. The summed E-state index contributed by atoms with van der Waals surface area (Å²) in [6.45, 7) is 2.31. The van der Waals surface area contributed by atoms with Crippen LogP contribution in [0.15, 0.2) is 24.7 Å². The maximum absolute atomic E-state index is 15.0. The van der Waals surface area contributed by atoms with Gasteiger partial charge in [0.15, 0.2) is 5.82 Å². The zero-order valence-corrected chi connectivity index (χ0v) is 19.6. The van der Waals surface area contributed by atoms with E-state index in [1.165, 1.54) is 6.33 Å². The van der Waals surface area contributed by atoms with Gasteiger partial charge in [0.2, 0.25) is 5.60 Å². The molecule has 0 aliphatic carbocycles. The molecule has 0 spiro atoms. The number of nitrogen functional groups attached to an aromatic ring is 1. The van der Waals surface area contributed by atoms with Crippen LogP contribution in [0, 0.1) is 6.92 Å². The van der Waals surface area contributed by atoms with Gasteiger partial charge in [0.05, 0.1) is 18.3 Å². The number of hydrogen-bond donors (Lipinski definition) is 2. The molecular formula is C23H25F4N7O2. The van der Waals surface area contributed by atoms with Crippen LogP contribution in [-0.2, 0) is 17.8 Å². The lowest BCUT2D eigenvalue weighted by molar-refractivity contribution is -0.249. The predicted molar refractivity (Wildman–Crippen MR) is 121 cm³/mol. The van der Waals surface area contributed by atoms with E-state index in [-0.39, 0.29) is 6.54 Å². The minimum Gasteiger partial charge on any atom is -0.382 e. The van der Waals surface area contributed by atoms with E-state index < -0.39 is 36.4 Å². The molecule has 5 heterocycles. The van der Waals surface area contributed by atoms with E-state index in [0.29, 0.717) is 37.8 Å². The molecule has 0 bridgehead atoms. The molecule has 0 radical (unpaired) electrons. The third-order valence-electron chi connectivity index (χ3n) is 7.08. The SMILES string of the molecule is Cc1cc(-c2cnc3c(c2)CN([C@H]2CN(C(=O)[C@@](C)(O)C(F)(F)F)C[C@H]2F)CC3)n2ncnc(N)c12. The van der Waals surface area contributed by atoms with Gasteiger partial charge in [0, 0.05) is 43.5 Å². The topological polar surface area (TPSA) is 113 Å². The molecule has 192 valence electrons. The van der Waals surface area contributed by atoms with Gasteiger partial charge in [-0.2, -0.15) is 18.3 Å². The summed E-state index contributed by atoms with van der Waals surface area (Å²) in [5, 5.41) is 14.0. The number of aromatic nitrogens is 4. The number of fused-ring (bicyclic) bond motifs is 2. The summed E-state index contributed by atoms with van der Waals surface area (Å²) in [6.07, 6.45) is -3.08. The molecule has 3 aromatic rings. The number of carbonyl (C=O) groups is 1. The number of amides is 1. The van der Waals surface area contributed by atoms with Gasteiger partial charge >= 0.3 is 6.18 Å². The van der Waals surface area contributed by atoms with Gasteiger partial charge in [-0.1, -0.05) is 0 Å². The summed E-state index contributed by atoms with van der Waals surface area (Å²) in [6, 6.07) is 3.07. The fourth-order valence-corrected chi connectivity index (χ4v) is 5.02. The Morgan fingerprint density at radius 2 is 1.97 bits per heavy atom. The first kappa shape index (κ1) is 24.4. The minimum atomic E-state index is -5.16. The number of anilines is 1. The van der Waals surface area contributed by atoms with Crippen LogP contribution in [0.5, 0.6) is 0 Å². The molecule has 5 rings (SSSR count). The number of halogens is 4. The minimum absolute atomic E-state index is 0.243. The first-order chi connectivity index (χ1) is 16.9. The smallest absolute Gasteiger partial charge is 0.382 e. The van der Waals surface area contributed by atoms with Gasteiger partial charge in [-0.15, -0.1) is 0 Å². The fourth-order valence-electron chi connectivity index (χ4n) is 5.02. The standard InChI is InChI=1S/C23H25F4N7O2/c1-12-5-17(34-19(12)20(28)30-11-31-34)13-6-14-8-32(4-3-16(14)29-7-13)18-10-33(9-15(18)24)21(35)22(2,36)23(25,26)27/h5-7,11,15,18,36H,3-4,8-10H2,1-2H3,(H2,28,30,31)/t15-,18+,22-/m1/s1. The quantitative estimate of drug-likeness (QED) is 0.521. The van der Waals surface area contributed by atoms with Gasteiger partial charge < -0.3 is 15.7 Å². The summed E-state index contributed by atoms with van der Waals surface area (Å²) in [7, 11) is 0. The monoisotopic (exact) mass is 507 g/mol. The Balaban J connectivity index is 1.38. The van der Waals surface area contributed by atoms with Crippen molar-refractivity contribution in [2.75, 3.05) is 25.4 Å². The van der Waals surface area contributed by atoms with Crippen molar-refractivity contribution in [2.24, 2.45) is 0 Å². The first-order valence-corrected chi connectivity index (χ1v) is 11.4. The number of nitrogens with zero attached hydrogens (tertiary/aromatic N) is 6. The largest absolute Gasteiger partial charge is 0.426 e. The molecule has 0 unspecified atom stereocenters. The van der Waals surface area contributed by atoms with Crippen LogP contribution in [-0.4, -0.2) is 84.0 Å². The Morgan fingerprint density at radius 1 is 1.22 bits per heavy atom. The summed E-state index contributed by atoms with van der Waals surface area (Å²) in [5.41, 5.74) is 7.27. The van der Waals surface area contributed by atoms with Gasteiger partial charge in [-0.25, -0.2) is 13.9 Å². The van der Waals surface area contributed by atoms with E-state index in [1.807, 2.05) is 24.0 Å². The van der Waals surface area contributed by atoms with Crippen molar-refractivity contribution in [1.29, 1.82) is 0 Å². The molecule has 3 aromatic heterocycles. The summed E-state index contributed by atoms with van der Waals surface area (Å²) >= 11 is 0. The molecule has 36 heavy (non-hydrogen) atoms. The van der Waals surface area contributed by atoms with E-state index >= 15 is 0 Å².